The van der Waals surface area contributed by atoms with Crippen LogP contribution in [0.2, 0.25) is 0 Å². The highest BCUT2D eigenvalue weighted by atomic mass is 16.3. The summed E-state index contributed by atoms with van der Waals surface area (Å²) >= 11 is 0. The highest BCUT2D eigenvalue weighted by Gasteiger charge is 2.57. The largest absolute Gasteiger partial charge is 0.388 e. The molecule has 1 N–H and O–H groups in total. The third-order valence-electron chi connectivity index (χ3n) is 9.16. The molecule has 6 unspecified atom stereocenters. The minimum Gasteiger partial charge on any atom is -0.388 e. The van der Waals surface area contributed by atoms with Crippen LogP contribution in [0.1, 0.15) is 73.1 Å². The Kier molecular flexibility index (Phi) is 5.17. The minimum absolute atomic E-state index is 0.0596. The lowest BCUT2D eigenvalue weighted by molar-refractivity contribution is -0.127. The molecule has 2 nitrogen and oxygen atoms in total. The zero-order valence-corrected chi connectivity index (χ0v) is 19.4. The van der Waals surface area contributed by atoms with E-state index in [1.807, 2.05) is 6.08 Å². The summed E-state index contributed by atoms with van der Waals surface area (Å²) in [4.78, 5) is 12.0. The van der Waals surface area contributed by atoms with Gasteiger partial charge in [0.1, 0.15) is 0 Å². The number of allylic oxidation sites excluding steroid dienone is 7. The van der Waals surface area contributed by atoms with Crippen molar-refractivity contribution in [1.82, 2.24) is 0 Å². The van der Waals surface area contributed by atoms with Crippen molar-refractivity contribution in [2.24, 2.45) is 28.6 Å². The minimum atomic E-state index is -0.918. The van der Waals surface area contributed by atoms with Crippen LogP contribution in [0, 0.1) is 28.6 Å². The molecule has 6 atom stereocenters. The molecule has 30 heavy (non-hydrogen) atoms. The molecule has 0 aromatic rings. The summed E-state index contributed by atoms with van der Waals surface area (Å²) < 4.78 is 0. The van der Waals surface area contributed by atoms with Crippen molar-refractivity contribution >= 4 is 5.78 Å². The molecule has 4 aliphatic rings. The van der Waals surface area contributed by atoms with Gasteiger partial charge in [0.05, 0.1) is 5.60 Å². The zero-order chi connectivity index (χ0) is 21.9. The van der Waals surface area contributed by atoms with Crippen molar-refractivity contribution < 1.29 is 9.90 Å². The Labute approximate surface area is 182 Å². The van der Waals surface area contributed by atoms with Crippen LogP contribution in [0.5, 0.6) is 0 Å². The van der Waals surface area contributed by atoms with Gasteiger partial charge in [0.25, 0.3) is 0 Å². The first-order valence-electron chi connectivity index (χ1n) is 11.7. The first kappa shape index (κ1) is 21.6. The maximum atomic E-state index is 12.0. The molecule has 0 aromatic carbocycles. The molecule has 0 saturated heterocycles. The first-order chi connectivity index (χ1) is 14.0. The van der Waals surface area contributed by atoms with Crippen molar-refractivity contribution in [3.63, 3.8) is 0 Å². The molecule has 4 rings (SSSR count). The molecule has 4 aliphatic carbocycles. The van der Waals surface area contributed by atoms with Crippen molar-refractivity contribution in [3.8, 4) is 0 Å². The smallest absolute Gasteiger partial charge is 0.158 e. The van der Waals surface area contributed by atoms with E-state index in [0.717, 1.165) is 25.7 Å². The number of hydrogen-bond acceptors (Lipinski definition) is 2. The van der Waals surface area contributed by atoms with Gasteiger partial charge in [0, 0.05) is 11.8 Å². The van der Waals surface area contributed by atoms with Gasteiger partial charge in [-0.2, -0.15) is 0 Å². The predicted octanol–water partition coefficient (Wildman–Crippen LogP) is 6.49. The van der Waals surface area contributed by atoms with Gasteiger partial charge in [0.15, 0.2) is 5.78 Å². The van der Waals surface area contributed by atoms with Crippen LogP contribution in [0.15, 0.2) is 59.3 Å². The number of carbonyl (C=O) groups is 1. The molecule has 162 valence electrons. The second kappa shape index (κ2) is 7.19. The van der Waals surface area contributed by atoms with E-state index >= 15 is 0 Å². The molecule has 0 fully saturated rings. The summed E-state index contributed by atoms with van der Waals surface area (Å²) in [6.45, 7) is 15.4. The second-order valence-corrected chi connectivity index (χ2v) is 10.9. The number of carbonyl (C=O) groups excluding carboxylic acids is 1. The van der Waals surface area contributed by atoms with E-state index in [1.165, 1.54) is 22.3 Å². The number of fused-ring (bicyclic) bond motifs is 4. The fourth-order valence-corrected chi connectivity index (χ4v) is 6.72. The molecule has 0 aromatic heterocycles. The molecule has 0 amide bonds. The Morgan fingerprint density at radius 3 is 2.67 bits per heavy atom. The van der Waals surface area contributed by atoms with Crippen LogP contribution in [0.3, 0.4) is 0 Å². The fourth-order valence-electron chi connectivity index (χ4n) is 6.72. The predicted molar refractivity (Wildman–Crippen MR) is 124 cm³/mol. The normalized spacial score (nSPS) is 40.0. The Balaban J connectivity index is 1.65. The van der Waals surface area contributed by atoms with E-state index < -0.39 is 11.0 Å². The first-order valence-corrected chi connectivity index (χ1v) is 11.7. The molecule has 2 heteroatoms. The number of hydrogen-bond donors (Lipinski definition) is 1. The van der Waals surface area contributed by atoms with E-state index in [0.29, 0.717) is 24.2 Å². The average molecular weight is 407 g/mol. The molecular formula is C28H38O2. The summed E-state index contributed by atoms with van der Waals surface area (Å²) in [5.41, 5.74) is 4.51. The van der Waals surface area contributed by atoms with Crippen LogP contribution < -0.4 is 0 Å². The van der Waals surface area contributed by atoms with E-state index in [9.17, 15) is 9.90 Å². The van der Waals surface area contributed by atoms with Crippen molar-refractivity contribution in [2.45, 2.75) is 78.7 Å². The molecule has 0 heterocycles. The maximum Gasteiger partial charge on any atom is 0.158 e. The average Bonchev–Trinajstić information content (AvgIpc) is 3.04. The fraction of sp³-hybridized carbons (Fsp3) is 0.607. The van der Waals surface area contributed by atoms with Crippen LogP contribution >= 0.6 is 0 Å². The molecular weight excluding hydrogens is 368 g/mol. The SMILES string of the molecule is C=C(C)C(C)C=CC(C)C1CC=C2C3=C(CCC21C)C1(C)C=CC(=O)CC1(O)CC3. The van der Waals surface area contributed by atoms with Crippen LogP contribution in [-0.4, -0.2) is 16.5 Å². The van der Waals surface area contributed by atoms with E-state index in [4.69, 9.17) is 0 Å². The molecule has 0 saturated carbocycles. The lowest BCUT2D eigenvalue weighted by atomic mass is 9.51. The number of rotatable bonds is 4. The number of aliphatic hydroxyl groups is 1. The lowest BCUT2D eigenvalue weighted by Gasteiger charge is -2.54. The standard InChI is InChI=1S/C28H38O2/c1-18(2)19(3)7-8-20(4)23-9-10-24-22-12-16-28(30)17-21(29)11-15-27(28,6)25(22)13-14-26(23,24)5/h7-8,10-11,15,19-20,23,30H,1,9,12-14,16-17H2,2-6H3. The molecule has 0 spiro atoms. The summed E-state index contributed by atoms with van der Waals surface area (Å²) in [6.07, 6.45) is 16.1. The van der Waals surface area contributed by atoms with Gasteiger partial charge in [-0.1, -0.05) is 62.8 Å². The van der Waals surface area contributed by atoms with Gasteiger partial charge < -0.3 is 5.11 Å². The Hall–Kier alpha value is -1.67. The third kappa shape index (κ3) is 3.06. The van der Waals surface area contributed by atoms with E-state index in [-0.39, 0.29) is 17.6 Å². The maximum absolute atomic E-state index is 12.0. The number of ketones is 1. The zero-order valence-electron chi connectivity index (χ0n) is 19.4. The van der Waals surface area contributed by atoms with Gasteiger partial charge in [0.2, 0.25) is 0 Å². The topological polar surface area (TPSA) is 37.3 Å². The van der Waals surface area contributed by atoms with Crippen LogP contribution in [-0.2, 0) is 4.79 Å². The molecule has 0 aliphatic heterocycles. The van der Waals surface area contributed by atoms with E-state index in [1.54, 1.807) is 6.08 Å². The van der Waals surface area contributed by atoms with Gasteiger partial charge in [-0.25, -0.2) is 0 Å². The highest BCUT2D eigenvalue weighted by molar-refractivity contribution is 5.92. The van der Waals surface area contributed by atoms with Crippen LogP contribution in [0.25, 0.3) is 0 Å². The van der Waals surface area contributed by atoms with Gasteiger partial charge in [-0.3, -0.25) is 4.79 Å². The third-order valence-corrected chi connectivity index (χ3v) is 9.16. The summed E-state index contributed by atoms with van der Waals surface area (Å²) in [7, 11) is 0. The van der Waals surface area contributed by atoms with Gasteiger partial charge >= 0.3 is 0 Å². The van der Waals surface area contributed by atoms with Crippen molar-refractivity contribution in [3.05, 3.63) is 59.3 Å². The monoisotopic (exact) mass is 406 g/mol. The van der Waals surface area contributed by atoms with Crippen LogP contribution in [0.4, 0.5) is 0 Å². The second-order valence-electron chi connectivity index (χ2n) is 10.9. The lowest BCUT2D eigenvalue weighted by Crippen LogP contribution is -2.53. The van der Waals surface area contributed by atoms with Crippen molar-refractivity contribution in [2.75, 3.05) is 0 Å². The quantitative estimate of drug-likeness (QED) is 0.542. The highest BCUT2D eigenvalue weighted by Crippen LogP contribution is 2.63. The van der Waals surface area contributed by atoms with Gasteiger partial charge in [-0.15, -0.1) is 0 Å². The Bertz CT molecular complexity index is 900. The Morgan fingerprint density at radius 2 is 1.97 bits per heavy atom. The summed E-state index contributed by atoms with van der Waals surface area (Å²) in [5, 5.41) is 11.4. The Morgan fingerprint density at radius 1 is 1.23 bits per heavy atom. The summed E-state index contributed by atoms with van der Waals surface area (Å²) in [6, 6.07) is 0. The summed E-state index contributed by atoms with van der Waals surface area (Å²) in [5.74, 6) is 1.62. The van der Waals surface area contributed by atoms with Gasteiger partial charge in [-0.05, 0) is 86.3 Å². The van der Waals surface area contributed by atoms with Crippen molar-refractivity contribution in [1.29, 1.82) is 0 Å². The van der Waals surface area contributed by atoms with E-state index in [2.05, 4.69) is 59.4 Å². The molecule has 0 radical (unpaired) electrons. The molecule has 0 bridgehead atoms.